The highest BCUT2D eigenvalue weighted by Crippen LogP contribution is 2.33. The van der Waals surface area contributed by atoms with Gasteiger partial charge in [0.2, 0.25) is 5.79 Å². The van der Waals surface area contributed by atoms with E-state index in [-0.39, 0.29) is 5.79 Å². The van der Waals surface area contributed by atoms with Crippen LogP contribution in [-0.4, -0.2) is 18.1 Å². The first-order valence-corrected chi connectivity index (χ1v) is 4.16. The second kappa shape index (κ2) is 2.48. The smallest absolute Gasteiger partial charge is 0.242 e. The van der Waals surface area contributed by atoms with Crippen LogP contribution in [0.4, 0.5) is 0 Å². The number of oxime groups is 1. The highest BCUT2D eigenvalue weighted by atomic mass is 16.8. The largest absolute Gasteiger partial charge is 0.360 e. The molecule has 0 saturated carbocycles. The molecule has 2 aliphatic rings. The minimum atomic E-state index is -0.359. The fourth-order valence-electron chi connectivity index (χ4n) is 1.65. The predicted octanol–water partition coefficient (Wildman–Crippen LogP) is 1.68. The van der Waals surface area contributed by atoms with Crippen LogP contribution in [0.15, 0.2) is 5.16 Å². The molecule has 2 rings (SSSR count). The van der Waals surface area contributed by atoms with Crippen molar-refractivity contribution in [1.29, 1.82) is 0 Å². The van der Waals surface area contributed by atoms with Crippen molar-refractivity contribution in [3.63, 3.8) is 0 Å². The molecule has 0 aromatic rings. The first-order valence-electron chi connectivity index (χ1n) is 4.16. The lowest BCUT2D eigenvalue weighted by Gasteiger charge is -2.30. The molecule has 0 N–H and O–H groups in total. The van der Waals surface area contributed by atoms with Crippen LogP contribution in [-0.2, 0) is 9.57 Å². The van der Waals surface area contributed by atoms with Crippen LogP contribution < -0.4 is 0 Å². The summed E-state index contributed by atoms with van der Waals surface area (Å²) < 4.78 is 5.56. The van der Waals surface area contributed by atoms with Gasteiger partial charge >= 0.3 is 0 Å². The standard InChI is InChI=1S/C8H13NO2/c1-7-6-8(11-9-7)4-2-3-5-10-8/h2-6H2,1H3. The highest BCUT2D eigenvalue weighted by molar-refractivity contribution is 5.83. The van der Waals surface area contributed by atoms with Crippen molar-refractivity contribution in [2.24, 2.45) is 5.16 Å². The maximum atomic E-state index is 5.56. The van der Waals surface area contributed by atoms with Gasteiger partial charge in [-0.15, -0.1) is 0 Å². The quantitative estimate of drug-likeness (QED) is 0.533. The molecule has 3 heteroatoms. The van der Waals surface area contributed by atoms with Gasteiger partial charge in [-0.1, -0.05) is 5.16 Å². The van der Waals surface area contributed by atoms with E-state index in [0.717, 1.165) is 31.6 Å². The van der Waals surface area contributed by atoms with Gasteiger partial charge in [0.25, 0.3) is 0 Å². The van der Waals surface area contributed by atoms with Crippen molar-refractivity contribution in [3.8, 4) is 0 Å². The molecule has 1 spiro atoms. The van der Waals surface area contributed by atoms with Crippen molar-refractivity contribution in [1.82, 2.24) is 0 Å². The van der Waals surface area contributed by atoms with Crippen LogP contribution in [0.25, 0.3) is 0 Å². The van der Waals surface area contributed by atoms with Gasteiger partial charge in [-0.25, -0.2) is 0 Å². The molecular weight excluding hydrogens is 142 g/mol. The molecule has 0 amide bonds. The van der Waals surface area contributed by atoms with Crippen molar-refractivity contribution >= 4 is 5.71 Å². The molecule has 1 saturated heterocycles. The summed E-state index contributed by atoms with van der Waals surface area (Å²) in [5, 5.41) is 3.90. The SMILES string of the molecule is CC1=NOC2(CCCCO2)C1. The minimum absolute atomic E-state index is 0.359. The molecule has 0 aliphatic carbocycles. The Balaban J connectivity index is 2.01. The lowest BCUT2D eigenvalue weighted by atomic mass is 10.0. The summed E-state index contributed by atoms with van der Waals surface area (Å²) in [4.78, 5) is 5.26. The maximum Gasteiger partial charge on any atom is 0.242 e. The number of nitrogens with zero attached hydrogens (tertiary/aromatic N) is 1. The van der Waals surface area contributed by atoms with Crippen LogP contribution in [0.5, 0.6) is 0 Å². The molecule has 62 valence electrons. The Labute approximate surface area is 66.4 Å². The summed E-state index contributed by atoms with van der Waals surface area (Å²) in [7, 11) is 0. The van der Waals surface area contributed by atoms with Gasteiger partial charge < -0.3 is 9.57 Å². The average Bonchev–Trinajstić information content (AvgIpc) is 2.34. The molecular formula is C8H13NO2. The monoisotopic (exact) mass is 155 g/mol. The zero-order chi connectivity index (χ0) is 7.73. The first kappa shape index (κ1) is 7.10. The summed E-state index contributed by atoms with van der Waals surface area (Å²) in [6, 6.07) is 0. The van der Waals surface area contributed by atoms with Crippen LogP contribution in [0.1, 0.15) is 32.6 Å². The van der Waals surface area contributed by atoms with E-state index in [9.17, 15) is 0 Å². The second-order valence-electron chi connectivity index (χ2n) is 3.31. The Hall–Kier alpha value is -0.570. The van der Waals surface area contributed by atoms with Crippen molar-refractivity contribution in [2.45, 2.75) is 38.4 Å². The molecule has 0 radical (unpaired) electrons. The second-order valence-corrected chi connectivity index (χ2v) is 3.31. The number of rotatable bonds is 0. The van der Waals surface area contributed by atoms with Crippen molar-refractivity contribution < 1.29 is 9.57 Å². The van der Waals surface area contributed by atoms with Gasteiger partial charge in [0.15, 0.2) is 0 Å². The van der Waals surface area contributed by atoms with E-state index in [1.165, 1.54) is 6.42 Å². The number of hydrogen-bond donors (Lipinski definition) is 0. The lowest BCUT2D eigenvalue weighted by Crippen LogP contribution is -2.36. The van der Waals surface area contributed by atoms with E-state index in [2.05, 4.69) is 5.16 Å². The molecule has 3 nitrogen and oxygen atoms in total. The Bertz CT molecular complexity index is 183. The molecule has 1 fully saturated rings. The van der Waals surface area contributed by atoms with Gasteiger partial charge in [-0.2, -0.15) is 0 Å². The topological polar surface area (TPSA) is 30.8 Å². The summed E-state index contributed by atoms with van der Waals surface area (Å²) in [5.41, 5.74) is 1.05. The molecule has 1 atom stereocenters. The van der Waals surface area contributed by atoms with Crippen molar-refractivity contribution in [2.75, 3.05) is 6.61 Å². The van der Waals surface area contributed by atoms with E-state index < -0.39 is 0 Å². The fraction of sp³-hybridized carbons (Fsp3) is 0.875. The molecule has 1 unspecified atom stereocenters. The predicted molar refractivity (Wildman–Crippen MR) is 41.3 cm³/mol. The number of ether oxygens (including phenoxy) is 1. The molecule has 2 heterocycles. The maximum absolute atomic E-state index is 5.56. The van der Waals surface area contributed by atoms with Gasteiger partial charge in [-0.3, -0.25) is 0 Å². The third kappa shape index (κ3) is 1.25. The van der Waals surface area contributed by atoms with E-state index in [4.69, 9.17) is 9.57 Å². The molecule has 11 heavy (non-hydrogen) atoms. The zero-order valence-corrected chi connectivity index (χ0v) is 6.80. The summed E-state index contributed by atoms with van der Waals surface area (Å²) >= 11 is 0. The van der Waals surface area contributed by atoms with Crippen LogP contribution in [0.3, 0.4) is 0 Å². The number of hydrogen-bond acceptors (Lipinski definition) is 3. The van der Waals surface area contributed by atoms with Crippen LogP contribution >= 0.6 is 0 Å². The summed E-state index contributed by atoms with van der Waals surface area (Å²) in [6.45, 7) is 2.80. The Morgan fingerprint density at radius 1 is 1.45 bits per heavy atom. The minimum Gasteiger partial charge on any atom is -0.360 e. The van der Waals surface area contributed by atoms with Gasteiger partial charge in [0.1, 0.15) is 0 Å². The molecule has 0 aromatic carbocycles. The van der Waals surface area contributed by atoms with E-state index in [1.54, 1.807) is 0 Å². The third-order valence-corrected chi connectivity index (χ3v) is 2.21. The van der Waals surface area contributed by atoms with Crippen LogP contribution in [0.2, 0.25) is 0 Å². The summed E-state index contributed by atoms with van der Waals surface area (Å²) in [6.07, 6.45) is 4.20. The van der Waals surface area contributed by atoms with Crippen LogP contribution in [0, 0.1) is 0 Å². The van der Waals surface area contributed by atoms with Gasteiger partial charge in [0, 0.05) is 6.42 Å². The first-order chi connectivity index (χ1) is 5.31. The Morgan fingerprint density at radius 2 is 2.36 bits per heavy atom. The lowest BCUT2D eigenvalue weighted by molar-refractivity contribution is -0.240. The third-order valence-electron chi connectivity index (χ3n) is 2.21. The fourth-order valence-corrected chi connectivity index (χ4v) is 1.65. The molecule has 0 bridgehead atoms. The van der Waals surface area contributed by atoms with Gasteiger partial charge in [-0.05, 0) is 19.8 Å². The van der Waals surface area contributed by atoms with E-state index in [1.807, 2.05) is 6.92 Å². The van der Waals surface area contributed by atoms with Crippen molar-refractivity contribution in [3.05, 3.63) is 0 Å². The van der Waals surface area contributed by atoms with Gasteiger partial charge in [0.05, 0.1) is 18.7 Å². The highest BCUT2D eigenvalue weighted by Gasteiger charge is 2.40. The molecule has 0 aromatic heterocycles. The Morgan fingerprint density at radius 3 is 2.91 bits per heavy atom. The molecule has 2 aliphatic heterocycles. The average molecular weight is 155 g/mol. The van der Waals surface area contributed by atoms with E-state index in [0.29, 0.717) is 0 Å². The van der Waals surface area contributed by atoms with E-state index >= 15 is 0 Å². The normalized spacial score (nSPS) is 37.0. The zero-order valence-electron chi connectivity index (χ0n) is 6.80. The Kier molecular flexibility index (Phi) is 1.60. The summed E-state index contributed by atoms with van der Waals surface area (Å²) in [5.74, 6) is -0.359.